The Balaban J connectivity index is 2.17. The first-order valence-electron chi connectivity index (χ1n) is 6.77. The Bertz CT molecular complexity index is 701. The van der Waals surface area contributed by atoms with Crippen LogP contribution in [0.25, 0.3) is 0 Å². The van der Waals surface area contributed by atoms with E-state index in [9.17, 15) is 9.90 Å². The number of likely N-dealkylation sites (N-methyl/N-ethyl adjacent to an activating group) is 1. The van der Waals surface area contributed by atoms with Gasteiger partial charge >= 0.3 is 0 Å². The molecule has 1 heterocycles. The van der Waals surface area contributed by atoms with Crippen LogP contribution >= 0.6 is 0 Å². The van der Waals surface area contributed by atoms with Crippen LogP contribution in [0, 0.1) is 6.92 Å². The fourth-order valence-corrected chi connectivity index (χ4v) is 2.83. The van der Waals surface area contributed by atoms with E-state index in [1.165, 1.54) is 11.9 Å². The van der Waals surface area contributed by atoms with Crippen molar-refractivity contribution in [3.63, 3.8) is 0 Å². The number of hydrogen-bond acceptors (Lipinski definition) is 2. The van der Waals surface area contributed by atoms with Crippen molar-refractivity contribution in [2.24, 2.45) is 0 Å². The highest BCUT2D eigenvalue weighted by molar-refractivity contribution is 6.07. The lowest BCUT2D eigenvalue weighted by atomic mass is 9.86. The molecule has 0 spiro atoms. The summed E-state index contributed by atoms with van der Waals surface area (Å²) in [5.41, 5.74) is -0.484. The van der Waals surface area contributed by atoms with Crippen molar-refractivity contribution in [2.75, 3.05) is 11.9 Å². The summed E-state index contributed by atoms with van der Waals surface area (Å²) in [6.07, 6.45) is -1.53. The molecule has 2 atom stereocenters. The van der Waals surface area contributed by atoms with Gasteiger partial charge in [-0.15, -0.1) is 0 Å². The molecule has 1 amide bonds. The number of hydrogen-bond donors (Lipinski definition) is 1. The van der Waals surface area contributed by atoms with Crippen LogP contribution in [0.5, 0.6) is 0 Å². The summed E-state index contributed by atoms with van der Waals surface area (Å²) >= 11 is 0. The average Bonchev–Trinajstić information content (AvgIpc) is 2.70. The molecule has 3 rings (SSSR count). The van der Waals surface area contributed by atoms with Crippen LogP contribution in [-0.4, -0.2) is 18.1 Å². The largest absolute Gasteiger partial charge is 0.384 e. The molecule has 0 saturated carbocycles. The Labute approximate surface area is 122 Å². The lowest BCUT2D eigenvalue weighted by Crippen LogP contribution is -2.40. The number of alkyl halides is 1. The SMILES string of the molecule is Cc1ccc2c(c1)[C@@](F)(C(O)c1ccccc1)C(=O)N2C. The maximum Gasteiger partial charge on any atom is 0.272 e. The van der Waals surface area contributed by atoms with E-state index >= 15 is 4.39 Å². The number of aliphatic hydroxyl groups is 1. The number of aryl methyl sites for hydroxylation is 1. The number of halogens is 1. The molecule has 0 radical (unpaired) electrons. The zero-order chi connectivity index (χ0) is 15.2. The van der Waals surface area contributed by atoms with E-state index in [1.807, 2.05) is 13.0 Å². The monoisotopic (exact) mass is 285 g/mol. The van der Waals surface area contributed by atoms with Crippen LogP contribution in [0.2, 0.25) is 0 Å². The molecule has 0 aromatic heterocycles. The summed E-state index contributed by atoms with van der Waals surface area (Å²) in [7, 11) is 1.52. The van der Waals surface area contributed by atoms with Crippen LogP contribution < -0.4 is 4.90 Å². The first kappa shape index (κ1) is 13.8. The lowest BCUT2D eigenvalue weighted by Gasteiger charge is -2.25. The van der Waals surface area contributed by atoms with E-state index in [1.54, 1.807) is 42.5 Å². The minimum absolute atomic E-state index is 0.228. The first-order chi connectivity index (χ1) is 9.96. The molecule has 1 aliphatic heterocycles. The number of carbonyl (C=O) groups excluding carboxylic acids is 1. The van der Waals surface area contributed by atoms with Gasteiger partial charge in [0.25, 0.3) is 5.91 Å². The molecule has 108 valence electrons. The fraction of sp³-hybridized carbons (Fsp3) is 0.235. The van der Waals surface area contributed by atoms with Crippen molar-refractivity contribution >= 4 is 11.6 Å². The molecule has 4 heteroatoms. The summed E-state index contributed by atoms with van der Waals surface area (Å²) in [6, 6.07) is 13.6. The molecule has 0 fully saturated rings. The van der Waals surface area contributed by atoms with E-state index in [0.29, 0.717) is 11.3 Å². The van der Waals surface area contributed by atoms with Crippen LogP contribution in [0.4, 0.5) is 10.1 Å². The molecule has 1 unspecified atom stereocenters. The third-order valence-electron chi connectivity index (χ3n) is 4.01. The zero-order valence-electron chi connectivity index (χ0n) is 11.9. The van der Waals surface area contributed by atoms with Gasteiger partial charge in [0, 0.05) is 12.6 Å². The summed E-state index contributed by atoms with van der Waals surface area (Å²) in [5.74, 6) is -0.737. The molecule has 0 saturated heterocycles. The summed E-state index contributed by atoms with van der Waals surface area (Å²) in [4.78, 5) is 13.7. The van der Waals surface area contributed by atoms with Gasteiger partial charge < -0.3 is 10.0 Å². The highest BCUT2D eigenvalue weighted by Crippen LogP contribution is 2.49. The molecule has 0 aliphatic carbocycles. The number of fused-ring (bicyclic) bond motifs is 1. The maximum absolute atomic E-state index is 15.6. The second-order valence-corrected chi connectivity index (χ2v) is 5.41. The van der Waals surface area contributed by atoms with Crippen LogP contribution in [-0.2, 0) is 10.5 Å². The highest BCUT2D eigenvalue weighted by Gasteiger charge is 2.56. The molecule has 1 N–H and O–H groups in total. The van der Waals surface area contributed by atoms with Gasteiger partial charge in [-0.25, -0.2) is 4.39 Å². The smallest absolute Gasteiger partial charge is 0.272 e. The molecule has 21 heavy (non-hydrogen) atoms. The van der Waals surface area contributed by atoms with Crippen molar-refractivity contribution in [3.05, 3.63) is 65.2 Å². The quantitative estimate of drug-likeness (QED) is 0.921. The van der Waals surface area contributed by atoms with Crippen LogP contribution in [0.3, 0.4) is 0 Å². The normalized spacial score (nSPS) is 22.3. The van der Waals surface area contributed by atoms with E-state index < -0.39 is 17.7 Å². The number of benzene rings is 2. The van der Waals surface area contributed by atoms with Gasteiger partial charge in [0.2, 0.25) is 5.67 Å². The Morgan fingerprint density at radius 1 is 1.19 bits per heavy atom. The Hall–Kier alpha value is -2.20. The third-order valence-corrected chi connectivity index (χ3v) is 4.01. The number of nitrogens with zero attached hydrogens (tertiary/aromatic N) is 1. The number of aliphatic hydroxyl groups excluding tert-OH is 1. The van der Waals surface area contributed by atoms with E-state index in [0.717, 1.165) is 5.56 Å². The minimum atomic E-state index is -2.45. The molecule has 1 aliphatic rings. The van der Waals surface area contributed by atoms with Crippen molar-refractivity contribution in [2.45, 2.75) is 18.7 Å². The second-order valence-electron chi connectivity index (χ2n) is 5.41. The average molecular weight is 285 g/mol. The lowest BCUT2D eigenvalue weighted by molar-refractivity contribution is -0.137. The molecule has 3 nitrogen and oxygen atoms in total. The second kappa shape index (κ2) is 4.67. The Kier molecular flexibility index (Phi) is 3.06. The van der Waals surface area contributed by atoms with Gasteiger partial charge in [0.15, 0.2) is 0 Å². The van der Waals surface area contributed by atoms with Crippen molar-refractivity contribution in [3.8, 4) is 0 Å². The molecule has 0 bridgehead atoms. The maximum atomic E-state index is 15.6. The van der Waals surface area contributed by atoms with Crippen molar-refractivity contribution < 1.29 is 14.3 Å². The summed E-state index contributed by atoms with van der Waals surface area (Å²) in [5, 5.41) is 10.5. The van der Waals surface area contributed by atoms with E-state index in [2.05, 4.69) is 0 Å². The van der Waals surface area contributed by atoms with Gasteiger partial charge in [-0.3, -0.25) is 4.79 Å². The molecule has 2 aromatic rings. The molecular formula is C17H16FNO2. The number of carbonyl (C=O) groups is 1. The summed E-state index contributed by atoms with van der Waals surface area (Å²) < 4.78 is 15.6. The van der Waals surface area contributed by atoms with Gasteiger partial charge in [-0.2, -0.15) is 0 Å². The topological polar surface area (TPSA) is 40.5 Å². The zero-order valence-corrected chi connectivity index (χ0v) is 11.9. The van der Waals surface area contributed by atoms with Crippen LogP contribution in [0.15, 0.2) is 48.5 Å². The van der Waals surface area contributed by atoms with Gasteiger partial charge in [-0.1, -0.05) is 48.0 Å². The van der Waals surface area contributed by atoms with Gasteiger partial charge in [0.05, 0.1) is 5.69 Å². The Morgan fingerprint density at radius 3 is 2.52 bits per heavy atom. The first-order valence-corrected chi connectivity index (χ1v) is 6.77. The molecular weight excluding hydrogens is 269 g/mol. The molecule has 2 aromatic carbocycles. The number of anilines is 1. The number of rotatable bonds is 2. The predicted molar refractivity (Wildman–Crippen MR) is 78.8 cm³/mol. The van der Waals surface area contributed by atoms with Gasteiger partial charge in [0.1, 0.15) is 6.10 Å². The standard InChI is InChI=1S/C17H16FNO2/c1-11-8-9-14-13(10-11)17(18,16(21)19(14)2)15(20)12-6-4-3-5-7-12/h3-10,15,20H,1-2H3/t15?,17-/m1/s1. The minimum Gasteiger partial charge on any atom is -0.384 e. The van der Waals surface area contributed by atoms with Gasteiger partial charge in [-0.05, 0) is 18.6 Å². The third kappa shape index (κ3) is 1.87. The van der Waals surface area contributed by atoms with E-state index in [4.69, 9.17) is 0 Å². The fourth-order valence-electron chi connectivity index (χ4n) is 2.83. The van der Waals surface area contributed by atoms with Crippen LogP contribution in [0.1, 0.15) is 22.8 Å². The Morgan fingerprint density at radius 2 is 1.86 bits per heavy atom. The number of amides is 1. The van der Waals surface area contributed by atoms with Crippen molar-refractivity contribution in [1.82, 2.24) is 0 Å². The summed E-state index contributed by atoms with van der Waals surface area (Å²) in [6.45, 7) is 1.83. The highest BCUT2D eigenvalue weighted by atomic mass is 19.1. The van der Waals surface area contributed by atoms with E-state index in [-0.39, 0.29) is 5.56 Å². The predicted octanol–water partition coefficient (Wildman–Crippen LogP) is 2.87. The van der Waals surface area contributed by atoms with Crippen molar-refractivity contribution in [1.29, 1.82) is 0 Å².